The van der Waals surface area contributed by atoms with Gasteiger partial charge in [-0.05, 0) is 0 Å². The van der Waals surface area contributed by atoms with Crippen LogP contribution in [0.5, 0.6) is 5.75 Å². The van der Waals surface area contributed by atoms with E-state index in [-0.39, 0.29) is 5.78 Å². The van der Waals surface area contributed by atoms with Crippen molar-refractivity contribution >= 4 is 27.8 Å². The minimum atomic E-state index is 0.0251. The van der Waals surface area contributed by atoms with Gasteiger partial charge in [0.2, 0.25) is 0 Å². The molecule has 0 saturated carbocycles. The van der Waals surface area contributed by atoms with Crippen LogP contribution < -0.4 is 15.8 Å². The molecule has 0 bridgehead atoms. The summed E-state index contributed by atoms with van der Waals surface area (Å²) in [6.45, 7) is 2.40. The number of ketones is 1. The Hall–Kier alpha value is -2.02. The lowest BCUT2D eigenvalue weighted by atomic mass is 10.2. The van der Waals surface area contributed by atoms with E-state index in [2.05, 4.69) is 15.5 Å². The van der Waals surface area contributed by atoms with Crippen LogP contribution in [0.1, 0.15) is 28.6 Å². The first-order valence-corrected chi connectivity index (χ1v) is 6.70. The lowest BCUT2D eigenvalue weighted by molar-refractivity contribution is 0.0992. The predicted octanol–water partition coefficient (Wildman–Crippen LogP) is 2.27. The molecule has 0 aromatic carbocycles. The zero-order chi connectivity index (χ0) is 13.8. The number of methoxy groups -OCH3 is 1. The number of anilines is 2. The highest BCUT2D eigenvalue weighted by molar-refractivity contribution is 7.19. The molecule has 0 aliphatic carbocycles. The molecule has 6 nitrogen and oxygen atoms in total. The van der Waals surface area contributed by atoms with Crippen LogP contribution >= 0.6 is 11.3 Å². The van der Waals surface area contributed by atoms with E-state index < -0.39 is 0 Å². The molecular weight excluding hydrogens is 264 g/mol. The van der Waals surface area contributed by atoms with Crippen molar-refractivity contribution in [2.75, 3.05) is 18.2 Å². The second kappa shape index (κ2) is 5.75. The first-order valence-electron chi connectivity index (χ1n) is 5.88. The van der Waals surface area contributed by atoms with Gasteiger partial charge in [0.1, 0.15) is 5.00 Å². The average Bonchev–Trinajstić information content (AvgIpc) is 3.03. The lowest BCUT2D eigenvalue weighted by Gasteiger charge is -2.05. The molecule has 0 fully saturated rings. The van der Waals surface area contributed by atoms with Crippen LogP contribution in [-0.4, -0.2) is 23.1 Å². The number of nitrogens with zero attached hydrogens (tertiary/aromatic N) is 1. The molecule has 0 radical (unpaired) electrons. The number of nitrogens with one attached hydrogen (secondary N) is 2. The van der Waals surface area contributed by atoms with E-state index in [4.69, 9.17) is 10.5 Å². The first-order chi connectivity index (χ1) is 9.17. The van der Waals surface area contributed by atoms with Crippen LogP contribution in [0.2, 0.25) is 0 Å². The Balaban J connectivity index is 2.22. The Labute approximate surface area is 115 Å². The van der Waals surface area contributed by atoms with Gasteiger partial charge in [0.25, 0.3) is 0 Å². The van der Waals surface area contributed by atoms with Gasteiger partial charge < -0.3 is 15.8 Å². The monoisotopic (exact) mass is 280 g/mol. The fourth-order valence-electron chi connectivity index (χ4n) is 1.67. The van der Waals surface area contributed by atoms with E-state index in [1.54, 1.807) is 19.5 Å². The molecule has 102 valence electrons. The fourth-order valence-corrected chi connectivity index (χ4v) is 2.77. The van der Waals surface area contributed by atoms with Gasteiger partial charge >= 0.3 is 0 Å². The fraction of sp³-hybridized carbons (Fsp3) is 0.333. The summed E-state index contributed by atoms with van der Waals surface area (Å²) < 4.78 is 5.27. The van der Waals surface area contributed by atoms with Crippen molar-refractivity contribution < 1.29 is 9.53 Å². The maximum Gasteiger partial charge on any atom is 0.176 e. The Morgan fingerprint density at radius 1 is 1.63 bits per heavy atom. The summed E-state index contributed by atoms with van der Waals surface area (Å²) in [6.07, 6.45) is 3.96. The number of aromatic amines is 1. The third-order valence-electron chi connectivity index (χ3n) is 2.69. The molecule has 0 aliphatic rings. The Morgan fingerprint density at radius 2 is 2.42 bits per heavy atom. The minimum Gasteiger partial charge on any atom is -0.492 e. The Morgan fingerprint density at radius 3 is 3.00 bits per heavy atom. The highest BCUT2D eigenvalue weighted by Gasteiger charge is 2.20. The molecule has 0 saturated heterocycles. The maximum atomic E-state index is 11.8. The highest BCUT2D eigenvalue weighted by atomic mass is 32.1. The number of carbonyl (C=O) groups is 1. The third kappa shape index (κ3) is 2.70. The zero-order valence-corrected chi connectivity index (χ0v) is 11.6. The van der Waals surface area contributed by atoms with Gasteiger partial charge in [0, 0.05) is 24.7 Å². The average molecular weight is 280 g/mol. The van der Waals surface area contributed by atoms with Crippen LogP contribution in [-0.2, 0) is 6.54 Å². The number of nitrogen functional groups attached to an aromatic ring is 1. The molecule has 2 heterocycles. The van der Waals surface area contributed by atoms with Crippen molar-refractivity contribution in [1.29, 1.82) is 0 Å². The summed E-state index contributed by atoms with van der Waals surface area (Å²) in [5.41, 5.74) is 7.37. The molecule has 4 N–H and O–H groups in total. The summed E-state index contributed by atoms with van der Waals surface area (Å²) >= 11 is 1.32. The zero-order valence-electron chi connectivity index (χ0n) is 10.8. The molecule has 0 atom stereocenters. The Bertz CT molecular complexity index is 563. The van der Waals surface area contributed by atoms with Crippen molar-refractivity contribution in [3.8, 4) is 5.75 Å². The van der Waals surface area contributed by atoms with E-state index >= 15 is 0 Å². The molecule has 7 heteroatoms. The summed E-state index contributed by atoms with van der Waals surface area (Å²) in [5, 5.41) is 10.6. The molecule has 0 aliphatic heterocycles. The maximum absolute atomic E-state index is 11.8. The van der Waals surface area contributed by atoms with Gasteiger partial charge in [-0.25, -0.2) is 0 Å². The van der Waals surface area contributed by atoms with Crippen LogP contribution in [0.15, 0.2) is 12.4 Å². The van der Waals surface area contributed by atoms with Crippen molar-refractivity contribution in [3.05, 3.63) is 22.8 Å². The number of nitrogens with two attached hydrogens (primary N) is 1. The Kier molecular flexibility index (Phi) is 4.06. The predicted molar refractivity (Wildman–Crippen MR) is 75.8 cm³/mol. The van der Waals surface area contributed by atoms with Crippen molar-refractivity contribution in [2.45, 2.75) is 19.9 Å². The topological polar surface area (TPSA) is 93.0 Å². The van der Waals surface area contributed by atoms with Crippen LogP contribution in [0.25, 0.3) is 0 Å². The van der Waals surface area contributed by atoms with Crippen LogP contribution in [0.4, 0.5) is 10.7 Å². The van der Waals surface area contributed by atoms with Crippen molar-refractivity contribution in [2.24, 2.45) is 0 Å². The highest BCUT2D eigenvalue weighted by Crippen LogP contribution is 2.43. The SMILES string of the molecule is CCC(=O)c1sc(NCc2cn[nH]c2)c(OC)c1N. The normalized spacial score (nSPS) is 10.4. The van der Waals surface area contributed by atoms with E-state index in [9.17, 15) is 4.79 Å². The first kappa shape index (κ1) is 13.4. The quantitative estimate of drug-likeness (QED) is 0.706. The van der Waals surface area contributed by atoms with Gasteiger partial charge in [-0.1, -0.05) is 6.92 Å². The summed E-state index contributed by atoms with van der Waals surface area (Å²) in [5.74, 6) is 0.558. The number of aromatic nitrogens is 2. The van der Waals surface area contributed by atoms with Gasteiger partial charge in [0.15, 0.2) is 11.5 Å². The van der Waals surface area contributed by atoms with Gasteiger partial charge in [-0.3, -0.25) is 9.89 Å². The summed E-state index contributed by atoms with van der Waals surface area (Å²) in [4.78, 5) is 12.3. The molecule has 0 amide bonds. The third-order valence-corrected chi connectivity index (χ3v) is 3.87. The van der Waals surface area contributed by atoms with Gasteiger partial charge in [-0.2, -0.15) is 5.10 Å². The van der Waals surface area contributed by atoms with Gasteiger partial charge in [0.05, 0.1) is 23.9 Å². The van der Waals surface area contributed by atoms with Crippen LogP contribution in [0.3, 0.4) is 0 Å². The van der Waals surface area contributed by atoms with Crippen molar-refractivity contribution in [1.82, 2.24) is 10.2 Å². The summed E-state index contributed by atoms with van der Waals surface area (Å²) in [6, 6.07) is 0. The lowest BCUT2D eigenvalue weighted by Crippen LogP contribution is -2.00. The molecule has 2 aromatic rings. The smallest absolute Gasteiger partial charge is 0.176 e. The minimum absolute atomic E-state index is 0.0251. The van der Waals surface area contributed by atoms with Gasteiger partial charge in [-0.15, -0.1) is 11.3 Å². The second-order valence-electron chi connectivity index (χ2n) is 3.94. The van der Waals surface area contributed by atoms with E-state index in [0.29, 0.717) is 29.3 Å². The van der Waals surface area contributed by atoms with E-state index in [0.717, 1.165) is 10.6 Å². The summed E-state index contributed by atoms with van der Waals surface area (Å²) in [7, 11) is 1.54. The number of Topliss-reactive ketones (excluding diaryl/α,β-unsaturated/α-hetero) is 1. The number of ether oxygens (including phenoxy) is 1. The molecule has 19 heavy (non-hydrogen) atoms. The van der Waals surface area contributed by atoms with Crippen LogP contribution in [0, 0.1) is 0 Å². The number of rotatable bonds is 6. The molecule has 0 spiro atoms. The molecule has 0 unspecified atom stereocenters. The molecule has 2 rings (SSSR count). The number of carbonyl (C=O) groups excluding carboxylic acids is 1. The van der Waals surface area contributed by atoms with E-state index in [1.165, 1.54) is 11.3 Å². The van der Waals surface area contributed by atoms with E-state index in [1.807, 2.05) is 6.92 Å². The number of hydrogen-bond donors (Lipinski definition) is 3. The second-order valence-corrected chi connectivity index (χ2v) is 4.96. The number of thiophene rings is 1. The largest absolute Gasteiger partial charge is 0.492 e. The number of hydrogen-bond acceptors (Lipinski definition) is 6. The molecule has 2 aromatic heterocycles. The molecular formula is C12H16N4O2S. The standard InChI is InChI=1S/C12H16N4O2S/c1-3-8(17)11-9(13)10(18-2)12(19-11)14-4-7-5-15-16-6-7/h5-6,14H,3-4,13H2,1-2H3,(H,15,16). The number of H-pyrrole nitrogens is 1. The van der Waals surface area contributed by atoms with Crippen molar-refractivity contribution in [3.63, 3.8) is 0 Å².